The molecule has 1 atom stereocenters. The van der Waals surface area contributed by atoms with Crippen LogP contribution in [-0.2, 0) is 0 Å². The molecule has 0 amide bonds. The molecule has 3 N–H and O–H groups in total. The van der Waals surface area contributed by atoms with Gasteiger partial charge in [-0.3, -0.25) is 9.36 Å². The summed E-state index contributed by atoms with van der Waals surface area (Å²) in [7, 11) is 0. The summed E-state index contributed by atoms with van der Waals surface area (Å²) < 4.78 is 1.70. The van der Waals surface area contributed by atoms with E-state index in [9.17, 15) is 10.1 Å². The molecule has 3 aromatic heterocycles. The molecule has 0 spiro atoms. The molecule has 0 aliphatic carbocycles. The lowest BCUT2D eigenvalue weighted by molar-refractivity contribution is 0.772. The molecule has 1 unspecified atom stereocenters. The minimum Gasteiger partial charge on any atom is -0.368 e. The molecule has 8 nitrogen and oxygen atoms in total. The van der Waals surface area contributed by atoms with E-state index < -0.39 is 0 Å². The summed E-state index contributed by atoms with van der Waals surface area (Å²) in [6.45, 7) is 3.86. The molecule has 9 heteroatoms. The monoisotopic (exact) mass is 479 g/mol. The highest BCUT2D eigenvalue weighted by molar-refractivity contribution is 7.15. The number of hydrogen-bond donors (Lipinski definition) is 2. The predicted octanol–water partition coefficient (Wildman–Crippen LogP) is 4.84. The number of aromatic nitrogens is 4. The summed E-state index contributed by atoms with van der Waals surface area (Å²) in [4.78, 5) is 27.5. The van der Waals surface area contributed by atoms with E-state index in [0.717, 1.165) is 26.5 Å². The Morgan fingerprint density at radius 1 is 1.11 bits per heavy atom. The van der Waals surface area contributed by atoms with Crippen LogP contribution in [0.1, 0.15) is 29.2 Å². The maximum Gasteiger partial charge on any atom is 0.263 e. The summed E-state index contributed by atoms with van der Waals surface area (Å²) in [5.41, 5.74) is 8.19. The molecule has 5 aromatic rings. The zero-order valence-electron chi connectivity index (χ0n) is 19.1. The smallest absolute Gasteiger partial charge is 0.263 e. The van der Waals surface area contributed by atoms with Gasteiger partial charge in [0, 0.05) is 23.1 Å². The second-order valence-corrected chi connectivity index (χ2v) is 9.26. The van der Waals surface area contributed by atoms with Crippen molar-refractivity contribution >= 4 is 33.9 Å². The molecule has 0 fully saturated rings. The number of anilines is 2. The number of nitrogens with two attached hydrogens (primary N) is 1. The highest BCUT2D eigenvalue weighted by Crippen LogP contribution is 2.33. The number of nitriles is 1. The summed E-state index contributed by atoms with van der Waals surface area (Å²) >= 11 is 1.56. The van der Waals surface area contributed by atoms with Crippen molar-refractivity contribution in [2.24, 2.45) is 0 Å². The number of rotatable bonds is 5. The third kappa shape index (κ3) is 4.11. The van der Waals surface area contributed by atoms with Gasteiger partial charge in [0.1, 0.15) is 17.5 Å². The largest absolute Gasteiger partial charge is 0.368 e. The third-order valence-corrected chi connectivity index (χ3v) is 6.65. The highest BCUT2D eigenvalue weighted by Gasteiger charge is 2.20. The molecule has 3 heterocycles. The van der Waals surface area contributed by atoms with Gasteiger partial charge in [-0.2, -0.15) is 10.2 Å². The van der Waals surface area contributed by atoms with Gasteiger partial charge in [-0.15, -0.1) is 11.3 Å². The number of hydrogen-bond acceptors (Lipinski definition) is 8. The van der Waals surface area contributed by atoms with E-state index in [-0.39, 0.29) is 23.1 Å². The number of aryl methyl sites for hydroxylation is 1. The average Bonchev–Trinajstić information content (AvgIpc) is 3.30. The Labute approximate surface area is 205 Å². The zero-order valence-corrected chi connectivity index (χ0v) is 19.9. The molecule has 0 saturated carbocycles. The van der Waals surface area contributed by atoms with Gasteiger partial charge in [0.15, 0.2) is 0 Å². The average molecular weight is 480 g/mol. The van der Waals surface area contributed by atoms with Crippen molar-refractivity contribution in [3.05, 3.63) is 93.6 Å². The molecular formula is C26H21N7OS. The number of para-hydroxylation sites is 1. The fraction of sp³-hybridized carbons (Fsp3) is 0.115. The second kappa shape index (κ2) is 9.00. The van der Waals surface area contributed by atoms with Gasteiger partial charge in [-0.1, -0.05) is 36.4 Å². The molecular weight excluding hydrogens is 458 g/mol. The first kappa shape index (κ1) is 22.3. The van der Waals surface area contributed by atoms with Crippen LogP contribution in [0.2, 0.25) is 0 Å². The van der Waals surface area contributed by atoms with E-state index in [1.165, 1.54) is 6.20 Å². The standard InChI is InChI=1S/C26H21N7OS/c1-15(31-24-18(12-27)13-30-26(28)32-24)21-11-17-7-6-10-20(22-14-29-16(2)35-22)23(17)25(34)33(21)19-8-4-3-5-9-19/h3-11,13-15H,1-2H3,(H3,28,30,31,32). The van der Waals surface area contributed by atoms with Gasteiger partial charge in [-0.05, 0) is 37.4 Å². The lowest BCUT2D eigenvalue weighted by Gasteiger charge is -2.22. The van der Waals surface area contributed by atoms with Crippen LogP contribution >= 0.6 is 11.3 Å². The lowest BCUT2D eigenvalue weighted by atomic mass is 10.0. The van der Waals surface area contributed by atoms with Crippen LogP contribution in [0.3, 0.4) is 0 Å². The molecule has 2 aromatic carbocycles. The van der Waals surface area contributed by atoms with E-state index in [0.29, 0.717) is 16.9 Å². The van der Waals surface area contributed by atoms with Crippen molar-refractivity contribution in [3.8, 4) is 22.2 Å². The maximum absolute atomic E-state index is 14.1. The molecule has 0 aliphatic rings. The van der Waals surface area contributed by atoms with Crippen LogP contribution in [0.15, 0.2) is 71.8 Å². The first-order valence-electron chi connectivity index (χ1n) is 10.9. The van der Waals surface area contributed by atoms with Crippen LogP contribution in [0.25, 0.3) is 26.9 Å². The SMILES string of the molecule is Cc1ncc(-c2cccc3cc(C(C)Nc4nc(N)ncc4C#N)n(-c4ccccc4)c(=O)c23)s1. The van der Waals surface area contributed by atoms with E-state index in [2.05, 4.69) is 26.3 Å². The van der Waals surface area contributed by atoms with Crippen LogP contribution < -0.4 is 16.6 Å². The predicted molar refractivity (Wildman–Crippen MR) is 139 cm³/mol. The van der Waals surface area contributed by atoms with Crippen molar-refractivity contribution in [1.29, 1.82) is 5.26 Å². The van der Waals surface area contributed by atoms with Crippen molar-refractivity contribution in [3.63, 3.8) is 0 Å². The van der Waals surface area contributed by atoms with E-state index in [4.69, 9.17) is 5.73 Å². The summed E-state index contributed by atoms with van der Waals surface area (Å²) in [5.74, 6) is 0.371. The van der Waals surface area contributed by atoms with Crippen molar-refractivity contribution in [2.75, 3.05) is 11.1 Å². The molecule has 0 radical (unpaired) electrons. The van der Waals surface area contributed by atoms with Crippen LogP contribution in [-0.4, -0.2) is 19.5 Å². The molecule has 0 saturated heterocycles. The zero-order chi connectivity index (χ0) is 24.5. The number of thiazole rings is 1. The molecule has 172 valence electrons. The summed E-state index contributed by atoms with van der Waals surface area (Å²) in [5, 5.41) is 15.1. The van der Waals surface area contributed by atoms with E-state index >= 15 is 0 Å². The number of nitrogen functional groups attached to an aromatic ring is 1. The van der Waals surface area contributed by atoms with Crippen molar-refractivity contribution < 1.29 is 0 Å². The summed E-state index contributed by atoms with van der Waals surface area (Å²) in [6.07, 6.45) is 3.19. The fourth-order valence-electron chi connectivity index (χ4n) is 4.10. The van der Waals surface area contributed by atoms with Crippen LogP contribution in [0.5, 0.6) is 0 Å². The highest BCUT2D eigenvalue weighted by atomic mass is 32.1. The van der Waals surface area contributed by atoms with Gasteiger partial charge in [0.05, 0.1) is 27.5 Å². The van der Waals surface area contributed by atoms with Crippen molar-refractivity contribution in [2.45, 2.75) is 19.9 Å². The summed E-state index contributed by atoms with van der Waals surface area (Å²) in [6, 6.07) is 19.0. The fourth-order valence-corrected chi connectivity index (χ4v) is 4.91. The van der Waals surface area contributed by atoms with Crippen molar-refractivity contribution in [1.82, 2.24) is 19.5 Å². The maximum atomic E-state index is 14.1. The number of benzene rings is 2. The number of nitrogens with one attached hydrogen (secondary N) is 1. The van der Waals surface area contributed by atoms with Gasteiger partial charge in [0.2, 0.25) is 5.95 Å². The van der Waals surface area contributed by atoms with Crippen LogP contribution in [0.4, 0.5) is 11.8 Å². The third-order valence-electron chi connectivity index (χ3n) is 5.70. The molecule has 5 rings (SSSR count). The Bertz CT molecular complexity index is 1650. The minimum atomic E-state index is -0.386. The van der Waals surface area contributed by atoms with Gasteiger partial charge in [0.25, 0.3) is 5.56 Å². The van der Waals surface area contributed by atoms with Gasteiger partial charge >= 0.3 is 0 Å². The lowest BCUT2D eigenvalue weighted by Crippen LogP contribution is -2.26. The van der Waals surface area contributed by atoms with Crippen LogP contribution in [0, 0.1) is 18.3 Å². The Balaban J connectivity index is 1.74. The van der Waals surface area contributed by atoms with Gasteiger partial charge < -0.3 is 11.1 Å². The Kier molecular flexibility index (Phi) is 5.73. The molecule has 35 heavy (non-hydrogen) atoms. The quantitative estimate of drug-likeness (QED) is 0.370. The minimum absolute atomic E-state index is 0.0575. The number of pyridine rings is 1. The normalized spacial score (nSPS) is 11.8. The molecule has 0 aliphatic heterocycles. The first-order valence-corrected chi connectivity index (χ1v) is 11.7. The Morgan fingerprint density at radius 3 is 2.63 bits per heavy atom. The Hall–Kier alpha value is -4.55. The number of fused-ring (bicyclic) bond motifs is 1. The first-order chi connectivity index (χ1) is 17.0. The second-order valence-electron chi connectivity index (χ2n) is 8.03. The Morgan fingerprint density at radius 2 is 1.91 bits per heavy atom. The molecule has 0 bridgehead atoms. The van der Waals surface area contributed by atoms with E-state index in [1.807, 2.05) is 74.6 Å². The number of nitrogens with zero attached hydrogens (tertiary/aromatic N) is 5. The van der Waals surface area contributed by atoms with Gasteiger partial charge in [-0.25, -0.2) is 9.97 Å². The van der Waals surface area contributed by atoms with E-state index in [1.54, 1.807) is 15.9 Å². The topological polar surface area (TPSA) is 123 Å².